The first-order valence-electron chi connectivity index (χ1n) is 19.1. The maximum atomic E-state index is 6.01. The SMILES string of the molecule is CCOCCc1c2cccc1Cc1cc3cc(c1CCOCC)Cc1cccc(c1CCOCC)Cc1cc(cc(c1CCOCC)C2)/C=C\3. The van der Waals surface area contributed by atoms with Gasteiger partial charge in [0.1, 0.15) is 0 Å². The van der Waals surface area contributed by atoms with Crippen LogP contribution in [0, 0.1) is 0 Å². The summed E-state index contributed by atoms with van der Waals surface area (Å²) >= 11 is 0. The first kappa shape index (κ1) is 36.3. The van der Waals surface area contributed by atoms with E-state index < -0.39 is 0 Å². The molecule has 0 aromatic heterocycles. The van der Waals surface area contributed by atoms with Crippen LogP contribution in [-0.2, 0) is 70.3 Å². The van der Waals surface area contributed by atoms with Crippen LogP contribution in [0.3, 0.4) is 0 Å². The fourth-order valence-corrected chi connectivity index (χ4v) is 8.08. The van der Waals surface area contributed by atoms with Crippen LogP contribution in [0.1, 0.15) is 106 Å². The van der Waals surface area contributed by atoms with Gasteiger partial charge in [-0.25, -0.2) is 0 Å². The summed E-state index contributed by atoms with van der Waals surface area (Å²) in [6.07, 6.45) is 11.9. The lowest BCUT2D eigenvalue weighted by molar-refractivity contribution is 0.150. The molecule has 50 heavy (non-hydrogen) atoms. The fourth-order valence-electron chi connectivity index (χ4n) is 8.08. The predicted octanol–water partition coefficient (Wildman–Crippen LogP) is 9.16. The number of ether oxygens (including phenoxy) is 4. The van der Waals surface area contributed by atoms with E-state index in [1.165, 1.54) is 77.9 Å². The second kappa shape index (κ2) is 18.1. The van der Waals surface area contributed by atoms with Gasteiger partial charge < -0.3 is 18.9 Å². The molecule has 2 aliphatic rings. The minimum absolute atomic E-state index is 0.721. The first-order valence-corrected chi connectivity index (χ1v) is 19.1. The Balaban J connectivity index is 1.63. The molecule has 0 N–H and O–H groups in total. The molecule has 0 heterocycles. The van der Waals surface area contributed by atoms with E-state index in [1.807, 2.05) is 0 Å². The van der Waals surface area contributed by atoms with E-state index in [4.69, 9.17) is 18.9 Å². The summed E-state index contributed by atoms with van der Waals surface area (Å²) in [7, 11) is 0. The molecular formula is C46H56O4. The zero-order valence-electron chi connectivity index (χ0n) is 30.9. The van der Waals surface area contributed by atoms with E-state index in [9.17, 15) is 0 Å². The molecule has 4 aromatic carbocycles. The quantitative estimate of drug-likeness (QED) is 0.0962. The number of fused-ring (bicyclic) bond motifs is 8. The summed E-state index contributed by atoms with van der Waals surface area (Å²) in [6, 6.07) is 23.8. The number of hydrogen-bond acceptors (Lipinski definition) is 4. The molecule has 0 aliphatic heterocycles. The van der Waals surface area contributed by atoms with E-state index >= 15 is 0 Å². The summed E-state index contributed by atoms with van der Waals surface area (Å²) < 4.78 is 24.0. The van der Waals surface area contributed by atoms with Crippen molar-refractivity contribution in [1.29, 1.82) is 0 Å². The number of benzene rings is 4. The third-order valence-electron chi connectivity index (χ3n) is 10.4. The molecular weight excluding hydrogens is 617 g/mol. The van der Waals surface area contributed by atoms with Gasteiger partial charge in [0, 0.05) is 26.4 Å². The lowest BCUT2D eigenvalue weighted by Gasteiger charge is -2.23. The molecule has 4 heteroatoms. The molecule has 264 valence electrons. The van der Waals surface area contributed by atoms with E-state index in [2.05, 4.69) is 101 Å². The van der Waals surface area contributed by atoms with Gasteiger partial charge in [-0.05, 0) is 157 Å². The number of hydrogen-bond donors (Lipinski definition) is 0. The van der Waals surface area contributed by atoms with Crippen LogP contribution in [0.25, 0.3) is 12.2 Å². The molecule has 2 aliphatic carbocycles. The molecule has 0 fully saturated rings. The van der Waals surface area contributed by atoms with Crippen LogP contribution < -0.4 is 0 Å². The Kier molecular flexibility index (Phi) is 13.1. The van der Waals surface area contributed by atoms with Gasteiger partial charge in [0.15, 0.2) is 0 Å². The highest BCUT2D eigenvalue weighted by atomic mass is 16.5. The van der Waals surface area contributed by atoms with E-state index in [1.54, 1.807) is 0 Å². The number of rotatable bonds is 16. The first-order chi connectivity index (χ1) is 24.6. The molecule has 0 amide bonds. The largest absolute Gasteiger partial charge is 0.381 e. The standard InChI is InChI=1S/C46H56O4/c1-5-47-21-17-43-35-11-9-12-36(43)30-40-26-34-16-15-33-25-39(29-35)45(19-23-49-7-3)41(27-33)31-37-13-10-14-38(44(37)18-22-48-6-2)32-42(28-34)46(40)20-24-50-8-4/h9-16,25-28H,5-8,17-24,29-32H2,1-4H3/b16-15-. The van der Waals surface area contributed by atoms with Crippen molar-refractivity contribution in [1.82, 2.24) is 0 Å². The van der Waals surface area contributed by atoms with Crippen molar-refractivity contribution < 1.29 is 18.9 Å². The minimum atomic E-state index is 0.721. The Labute approximate surface area is 300 Å². The van der Waals surface area contributed by atoms with Gasteiger partial charge in [0.25, 0.3) is 0 Å². The van der Waals surface area contributed by atoms with Crippen molar-refractivity contribution in [2.45, 2.75) is 79.1 Å². The van der Waals surface area contributed by atoms with Crippen molar-refractivity contribution in [3.8, 4) is 0 Å². The molecule has 0 unspecified atom stereocenters. The zero-order chi connectivity index (χ0) is 34.7. The fraction of sp³-hybridized carbons (Fsp3) is 0.435. The Bertz CT molecular complexity index is 1550. The van der Waals surface area contributed by atoms with Gasteiger partial charge in [-0.3, -0.25) is 0 Å². The summed E-state index contributed by atoms with van der Waals surface area (Å²) in [4.78, 5) is 0. The summed E-state index contributed by atoms with van der Waals surface area (Å²) in [5.74, 6) is 0. The highest BCUT2D eigenvalue weighted by molar-refractivity contribution is 5.72. The second-order valence-corrected chi connectivity index (χ2v) is 13.6. The molecule has 0 spiro atoms. The van der Waals surface area contributed by atoms with Crippen molar-refractivity contribution in [2.75, 3.05) is 52.9 Å². The predicted molar refractivity (Wildman–Crippen MR) is 207 cm³/mol. The normalized spacial score (nSPS) is 13.9. The topological polar surface area (TPSA) is 36.9 Å². The molecule has 10 bridgehead atoms. The molecule has 0 saturated heterocycles. The Morgan fingerprint density at radius 2 is 0.640 bits per heavy atom. The van der Waals surface area contributed by atoms with Crippen LogP contribution in [0.4, 0.5) is 0 Å². The molecule has 0 radical (unpaired) electrons. The zero-order valence-corrected chi connectivity index (χ0v) is 30.9. The van der Waals surface area contributed by atoms with Gasteiger partial charge in [0.2, 0.25) is 0 Å². The lowest BCUT2D eigenvalue weighted by Crippen LogP contribution is -2.13. The lowest BCUT2D eigenvalue weighted by atomic mass is 9.82. The molecule has 4 nitrogen and oxygen atoms in total. The molecule has 0 saturated carbocycles. The van der Waals surface area contributed by atoms with Gasteiger partial charge in [-0.1, -0.05) is 72.8 Å². The second-order valence-electron chi connectivity index (χ2n) is 13.6. The van der Waals surface area contributed by atoms with Gasteiger partial charge in [-0.2, -0.15) is 0 Å². The Hall–Kier alpha value is -3.54. The van der Waals surface area contributed by atoms with Crippen molar-refractivity contribution in [3.63, 3.8) is 0 Å². The maximum absolute atomic E-state index is 6.01. The third kappa shape index (κ3) is 8.84. The van der Waals surface area contributed by atoms with E-state index in [0.29, 0.717) is 0 Å². The van der Waals surface area contributed by atoms with Crippen LogP contribution in [0.2, 0.25) is 0 Å². The summed E-state index contributed by atoms with van der Waals surface area (Å²) in [5, 5.41) is 0. The average molecular weight is 673 g/mol. The van der Waals surface area contributed by atoms with Crippen molar-refractivity contribution in [2.24, 2.45) is 0 Å². The van der Waals surface area contributed by atoms with Gasteiger partial charge in [-0.15, -0.1) is 0 Å². The minimum Gasteiger partial charge on any atom is -0.381 e. The molecule has 4 aromatic rings. The Morgan fingerprint density at radius 1 is 0.380 bits per heavy atom. The monoisotopic (exact) mass is 672 g/mol. The van der Waals surface area contributed by atoms with Crippen LogP contribution in [0.15, 0.2) is 60.7 Å². The van der Waals surface area contributed by atoms with Crippen LogP contribution in [0.5, 0.6) is 0 Å². The Morgan fingerprint density at radius 3 is 0.900 bits per heavy atom. The summed E-state index contributed by atoms with van der Waals surface area (Å²) in [6.45, 7) is 14.2. The average Bonchev–Trinajstić information content (AvgIpc) is 3.11. The van der Waals surface area contributed by atoms with Gasteiger partial charge >= 0.3 is 0 Å². The van der Waals surface area contributed by atoms with Crippen molar-refractivity contribution >= 4 is 12.2 Å². The highest BCUT2D eigenvalue weighted by Gasteiger charge is 2.21. The van der Waals surface area contributed by atoms with E-state index in [-0.39, 0.29) is 0 Å². The molecule has 6 rings (SSSR count). The smallest absolute Gasteiger partial charge is 0.0506 e. The molecule has 0 atom stereocenters. The van der Waals surface area contributed by atoms with Gasteiger partial charge in [0.05, 0.1) is 26.4 Å². The summed E-state index contributed by atoms with van der Waals surface area (Å²) in [5.41, 5.74) is 19.5. The van der Waals surface area contributed by atoms with Crippen LogP contribution >= 0.6 is 0 Å². The van der Waals surface area contributed by atoms with Crippen LogP contribution in [-0.4, -0.2) is 52.9 Å². The third-order valence-corrected chi connectivity index (χ3v) is 10.4. The van der Waals surface area contributed by atoms with E-state index in [0.717, 1.165) is 104 Å². The maximum Gasteiger partial charge on any atom is 0.0506 e. The highest BCUT2D eigenvalue weighted by Crippen LogP contribution is 2.34. The van der Waals surface area contributed by atoms with Crippen molar-refractivity contribution in [3.05, 3.63) is 139 Å².